The van der Waals surface area contributed by atoms with Gasteiger partial charge in [0.1, 0.15) is 5.00 Å². The summed E-state index contributed by atoms with van der Waals surface area (Å²) in [6.07, 6.45) is 6.23. The molecule has 0 radical (unpaired) electrons. The summed E-state index contributed by atoms with van der Waals surface area (Å²) < 4.78 is 5.04. The number of anilines is 2. The van der Waals surface area contributed by atoms with Gasteiger partial charge in [0.25, 0.3) is 5.91 Å². The van der Waals surface area contributed by atoms with Crippen molar-refractivity contribution in [3.8, 4) is 0 Å². The maximum absolute atomic E-state index is 12.8. The van der Waals surface area contributed by atoms with Gasteiger partial charge in [-0.15, -0.1) is 23.1 Å². The first-order valence-electron chi connectivity index (χ1n) is 12.1. The van der Waals surface area contributed by atoms with Gasteiger partial charge in [-0.25, -0.2) is 4.79 Å². The third-order valence-corrected chi connectivity index (χ3v) is 8.29. The summed E-state index contributed by atoms with van der Waals surface area (Å²) in [7, 11) is 1.38. The molecule has 6 nitrogen and oxygen atoms in total. The van der Waals surface area contributed by atoms with Gasteiger partial charge in [-0.3, -0.25) is 9.59 Å². The molecule has 3 aromatic rings. The number of hydrogen-bond acceptors (Lipinski definition) is 6. The molecule has 0 unspecified atom stereocenters. The van der Waals surface area contributed by atoms with Crippen LogP contribution < -0.4 is 10.6 Å². The highest BCUT2D eigenvalue weighted by atomic mass is 32.2. The van der Waals surface area contributed by atoms with Gasteiger partial charge in [0.15, 0.2) is 0 Å². The summed E-state index contributed by atoms with van der Waals surface area (Å²) in [5.41, 5.74) is 3.89. The van der Waals surface area contributed by atoms with Crippen LogP contribution in [0.3, 0.4) is 0 Å². The molecule has 188 valence electrons. The zero-order chi connectivity index (χ0) is 25.5. The summed E-state index contributed by atoms with van der Waals surface area (Å²) in [5.74, 6) is -0.585. The molecule has 0 fully saturated rings. The first-order valence-corrected chi connectivity index (χ1v) is 13.9. The second-order valence-electron chi connectivity index (χ2n) is 8.80. The number of aryl methyl sites for hydroxylation is 2. The van der Waals surface area contributed by atoms with E-state index < -0.39 is 5.97 Å². The van der Waals surface area contributed by atoms with Crippen molar-refractivity contribution < 1.29 is 19.1 Å². The predicted molar refractivity (Wildman–Crippen MR) is 146 cm³/mol. The van der Waals surface area contributed by atoms with Gasteiger partial charge in [0, 0.05) is 21.0 Å². The Balaban J connectivity index is 1.40. The maximum Gasteiger partial charge on any atom is 0.341 e. The molecule has 0 spiro atoms. The van der Waals surface area contributed by atoms with Crippen molar-refractivity contribution in [2.24, 2.45) is 0 Å². The Morgan fingerprint density at radius 1 is 0.972 bits per heavy atom. The smallest absolute Gasteiger partial charge is 0.341 e. The number of ether oxygens (including phenoxy) is 1. The van der Waals surface area contributed by atoms with Gasteiger partial charge >= 0.3 is 5.97 Å². The Hall–Kier alpha value is -3.10. The molecule has 0 saturated carbocycles. The number of methoxy groups -OCH3 is 1. The lowest BCUT2D eigenvalue weighted by atomic mass is 9.96. The van der Waals surface area contributed by atoms with Crippen LogP contribution in [0.4, 0.5) is 10.7 Å². The van der Waals surface area contributed by atoms with Gasteiger partial charge in [-0.1, -0.05) is 36.6 Å². The van der Waals surface area contributed by atoms with Crippen molar-refractivity contribution in [3.05, 3.63) is 75.7 Å². The lowest BCUT2D eigenvalue weighted by molar-refractivity contribution is -0.113. The second-order valence-corrected chi connectivity index (χ2v) is 11.0. The second kappa shape index (κ2) is 12.2. The van der Waals surface area contributed by atoms with Gasteiger partial charge in [0.05, 0.1) is 18.4 Å². The molecule has 0 bridgehead atoms. The van der Waals surface area contributed by atoms with Gasteiger partial charge in [-0.2, -0.15) is 0 Å². The molecule has 2 aromatic carbocycles. The molecule has 36 heavy (non-hydrogen) atoms. The summed E-state index contributed by atoms with van der Waals surface area (Å²) in [4.78, 5) is 40.0. The minimum atomic E-state index is -0.395. The molecular weight excluding hydrogens is 492 g/mol. The number of thioether (sulfide) groups is 1. The van der Waals surface area contributed by atoms with E-state index in [1.807, 2.05) is 43.3 Å². The Bertz CT molecular complexity index is 1250. The van der Waals surface area contributed by atoms with Crippen LogP contribution in [0.25, 0.3) is 0 Å². The van der Waals surface area contributed by atoms with E-state index in [9.17, 15) is 14.4 Å². The quantitative estimate of drug-likeness (QED) is 0.274. The Kier molecular flexibility index (Phi) is 8.83. The highest BCUT2D eigenvalue weighted by Crippen LogP contribution is 2.37. The minimum Gasteiger partial charge on any atom is -0.465 e. The van der Waals surface area contributed by atoms with E-state index in [1.54, 1.807) is 12.1 Å². The molecule has 0 aliphatic heterocycles. The van der Waals surface area contributed by atoms with Crippen LogP contribution in [0.5, 0.6) is 0 Å². The fraction of sp³-hybridized carbons (Fsp3) is 0.321. The third-order valence-electron chi connectivity index (χ3n) is 6.09. The molecule has 1 aliphatic carbocycles. The average molecular weight is 523 g/mol. The Morgan fingerprint density at radius 2 is 1.72 bits per heavy atom. The molecule has 2 N–H and O–H groups in total. The molecule has 4 rings (SSSR count). The van der Waals surface area contributed by atoms with Crippen LogP contribution in [-0.4, -0.2) is 30.6 Å². The van der Waals surface area contributed by atoms with Crippen LogP contribution in [0, 0.1) is 6.92 Å². The zero-order valence-corrected chi connectivity index (χ0v) is 22.2. The standard InChI is InChI=1S/C28H30N2O4S2/c1-18-12-14-19(15-13-18)26(32)29-20-8-7-9-21(16-20)35-17-24(31)30-27-25(28(33)34-2)22-10-5-3-4-6-11-23(22)36-27/h7-9,12-16H,3-6,10-11,17H2,1-2H3,(H,29,32)(H,30,31). The lowest BCUT2D eigenvalue weighted by Gasteiger charge is -2.11. The fourth-order valence-corrected chi connectivity index (χ4v) is 6.26. The number of amides is 2. The highest BCUT2D eigenvalue weighted by Gasteiger charge is 2.25. The summed E-state index contributed by atoms with van der Waals surface area (Å²) >= 11 is 2.87. The van der Waals surface area contributed by atoms with Crippen molar-refractivity contribution in [2.45, 2.75) is 50.3 Å². The highest BCUT2D eigenvalue weighted by molar-refractivity contribution is 8.00. The van der Waals surface area contributed by atoms with Crippen LogP contribution in [0.1, 0.15) is 62.4 Å². The maximum atomic E-state index is 12.8. The van der Waals surface area contributed by atoms with Gasteiger partial charge in [0.2, 0.25) is 5.91 Å². The van der Waals surface area contributed by atoms with E-state index in [0.717, 1.165) is 48.1 Å². The molecule has 1 aliphatic rings. The molecule has 8 heteroatoms. The first-order chi connectivity index (χ1) is 17.4. The molecule has 2 amide bonds. The Labute approximate surface area is 219 Å². The number of esters is 1. The largest absolute Gasteiger partial charge is 0.465 e. The lowest BCUT2D eigenvalue weighted by Crippen LogP contribution is -2.16. The van der Waals surface area contributed by atoms with Crippen molar-refractivity contribution in [1.82, 2.24) is 0 Å². The van der Waals surface area contributed by atoms with E-state index in [-0.39, 0.29) is 17.6 Å². The summed E-state index contributed by atoms with van der Waals surface area (Å²) in [6, 6.07) is 14.8. The topological polar surface area (TPSA) is 84.5 Å². The zero-order valence-electron chi connectivity index (χ0n) is 20.5. The normalized spacial score (nSPS) is 13.2. The molecule has 1 aromatic heterocycles. The molecule has 1 heterocycles. The van der Waals surface area contributed by atoms with Crippen molar-refractivity contribution in [3.63, 3.8) is 0 Å². The van der Waals surface area contributed by atoms with Crippen LogP contribution in [0.15, 0.2) is 53.4 Å². The number of carbonyl (C=O) groups excluding carboxylic acids is 3. The number of nitrogens with one attached hydrogen (secondary N) is 2. The predicted octanol–water partition coefficient (Wildman–Crippen LogP) is 6.49. The number of fused-ring (bicyclic) bond motifs is 1. The number of hydrogen-bond donors (Lipinski definition) is 2. The minimum absolute atomic E-state index is 0.179. The van der Waals surface area contributed by atoms with E-state index in [1.165, 1.54) is 41.5 Å². The van der Waals surface area contributed by atoms with Crippen molar-refractivity contribution in [2.75, 3.05) is 23.5 Å². The van der Waals surface area contributed by atoms with Crippen molar-refractivity contribution >= 4 is 51.6 Å². The number of thiophene rings is 1. The number of carbonyl (C=O) groups is 3. The first kappa shape index (κ1) is 26.0. The van der Waals surface area contributed by atoms with Crippen molar-refractivity contribution in [1.29, 1.82) is 0 Å². The summed E-state index contributed by atoms with van der Waals surface area (Å²) in [6.45, 7) is 1.98. The molecule has 0 atom stereocenters. The number of benzene rings is 2. The van der Waals surface area contributed by atoms with Crippen LogP contribution in [0.2, 0.25) is 0 Å². The average Bonchev–Trinajstić information content (AvgIpc) is 3.18. The van der Waals surface area contributed by atoms with Crippen LogP contribution >= 0.6 is 23.1 Å². The Morgan fingerprint density at radius 3 is 2.47 bits per heavy atom. The van der Waals surface area contributed by atoms with E-state index in [0.29, 0.717) is 21.8 Å². The molecule has 0 saturated heterocycles. The fourth-order valence-electron chi connectivity index (χ4n) is 4.21. The van der Waals surface area contributed by atoms with E-state index >= 15 is 0 Å². The SMILES string of the molecule is COC(=O)c1c(NC(=O)CSc2cccc(NC(=O)c3ccc(C)cc3)c2)sc2c1CCCCCC2. The van der Waals surface area contributed by atoms with Gasteiger partial charge < -0.3 is 15.4 Å². The monoisotopic (exact) mass is 522 g/mol. The van der Waals surface area contributed by atoms with Gasteiger partial charge in [-0.05, 0) is 68.5 Å². The van der Waals surface area contributed by atoms with E-state index in [2.05, 4.69) is 10.6 Å². The number of rotatable bonds is 7. The van der Waals surface area contributed by atoms with E-state index in [4.69, 9.17) is 4.74 Å². The molecular formula is C28H30N2O4S2. The van der Waals surface area contributed by atoms with Crippen LogP contribution in [-0.2, 0) is 22.4 Å². The third kappa shape index (κ3) is 6.56. The summed E-state index contributed by atoms with van der Waals surface area (Å²) in [5, 5.41) is 6.44.